The van der Waals surface area contributed by atoms with Crippen molar-refractivity contribution in [3.05, 3.63) is 73.5 Å². The molecule has 0 radical (unpaired) electrons. The highest BCUT2D eigenvalue weighted by atomic mass is 79.9. The fourth-order valence-electron chi connectivity index (χ4n) is 2.70. The van der Waals surface area contributed by atoms with Crippen LogP contribution in [-0.4, -0.2) is 21.2 Å². The molecule has 0 aliphatic heterocycles. The first kappa shape index (κ1) is 18.8. The van der Waals surface area contributed by atoms with Crippen molar-refractivity contribution in [2.75, 3.05) is 6.61 Å². The van der Waals surface area contributed by atoms with E-state index in [0.29, 0.717) is 21.9 Å². The van der Waals surface area contributed by atoms with Crippen LogP contribution in [-0.2, 0) is 0 Å². The lowest BCUT2D eigenvalue weighted by Crippen LogP contribution is -2.23. The third-order valence-corrected chi connectivity index (χ3v) is 5.72. The summed E-state index contributed by atoms with van der Waals surface area (Å²) in [5, 5.41) is 4.40. The number of hydrogen-bond acceptors (Lipinski definition) is 5. The summed E-state index contributed by atoms with van der Waals surface area (Å²) in [5.74, 6) is 1.37. The second-order valence-electron chi connectivity index (χ2n) is 6.32. The molecule has 7 heteroatoms. The van der Waals surface area contributed by atoms with Crippen molar-refractivity contribution in [1.82, 2.24) is 14.6 Å². The summed E-state index contributed by atoms with van der Waals surface area (Å²) < 4.78 is 8.67. The fourth-order valence-corrected chi connectivity index (χ4v) is 3.87. The number of thiazole rings is 1. The van der Waals surface area contributed by atoms with Gasteiger partial charge in [-0.1, -0.05) is 52.7 Å². The van der Waals surface area contributed by atoms with Crippen LogP contribution in [0.15, 0.2) is 57.8 Å². The van der Waals surface area contributed by atoms with Crippen LogP contribution in [0.25, 0.3) is 22.4 Å². The first-order chi connectivity index (χ1) is 13.6. The molecule has 0 spiro atoms. The van der Waals surface area contributed by atoms with Gasteiger partial charge < -0.3 is 4.74 Å². The Hall–Kier alpha value is -2.51. The van der Waals surface area contributed by atoms with Crippen molar-refractivity contribution in [3.63, 3.8) is 0 Å². The lowest BCUT2D eigenvalue weighted by molar-refractivity contribution is 0.309. The van der Waals surface area contributed by atoms with E-state index in [0.717, 1.165) is 34.2 Å². The maximum atomic E-state index is 12.7. The minimum atomic E-state index is -0.152. The molecule has 0 unspecified atom stereocenters. The highest BCUT2D eigenvalue weighted by Crippen LogP contribution is 2.20. The van der Waals surface area contributed by atoms with Crippen LogP contribution in [0.3, 0.4) is 0 Å². The van der Waals surface area contributed by atoms with Gasteiger partial charge in [0.25, 0.3) is 5.56 Å². The van der Waals surface area contributed by atoms with Gasteiger partial charge in [0.15, 0.2) is 5.82 Å². The number of nitrogens with zero attached hydrogens (tertiary/aromatic N) is 3. The number of unbranched alkanes of at least 4 members (excludes halogenated alkanes) is 1. The molecule has 0 saturated carbocycles. The van der Waals surface area contributed by atoms with Crippen LogP contribution < -0.4 is 14.8 Å². The molecule has 5 nitrogen and oxygen atoms in total. The van der Waals surface area contributed by atoms with Crippen LogP contribution in [0.1, 0.15) is 25.3 Å². The second kappa shape index (κ2) is 8.24. The van der Waals surface area contributed by atoms with Gasteiger partial charge in [0.05, 0.1) is 11.1 Å². The highest BCUT2D eigenvalue weighted by molar-refractivity contribution is 9.10. The standard InChI is InChI=1S/C21H18BrN3O2S/c1-2-3-12-27-17-10-6-15(7-11-17)19-23-21-25(24-19)20(26)18(28-21)13-14-4-8-16(22)9-5-14/h4-11,13H,2-3,12H2,1H3. The van der Waals surface area contributed by atoms with Gasteiger partial charge in [-0.2, -0.15) is 9.50 Å². The molecular weight excluding hydrogens is 438 g/mol. The summed E-state index contributed by atoms with van der Waals surface area (Å²) in [4.78, 5) is 17.8. The lowest BCUT2D eigenvalue weighted by atomic mass is 10.2. The Balaban J connectivity index is 1.61. The lowest BCUT2D eigenvalue weighted by Gasteiger charge is -2.05. The summed E-state index contributed by atoms with van der Waals surface area (Å²) in [7, 11) is 0. The number of benzene rings is 2. The smallest absolute Gasteiger partial charge is 0.291 e. The SMILES string of the molecule is CCCCOc1ccc(-c2nc3sc(=Cc4ccc(Br)cc4)c(=O)n3n2)cc1. The van der Waals surface area contributed by atoms with Crippen molar-refractivity contribution < 1.29 is 4.74 Å². The average Bonchev–Trinajstić information content (AvgIpc) is 3.24. The zero-order chi connectivity index (χ0) is 19.5. The van der Waals surface area contributed by atoms with Crippen molar-refractivity contribution in [2.24, 2.45) is 0 Å². The molecule has 2 heterocycles. The Bertz CT molecular complexity index is 1200. The average molecular weight is 456 g/mol. The van der Waals surface area contributed by atoms with E-state index in [4.69, 9.17) is 4.74 Å². The zero-order valence-corrected chi connectivity index (χ0v) is 17.7. The van der Waals surface area contributed by atoms with Gasteiger partial charge in [0.2, 0.25) is 4.96 Å². The Morgan fingerprint density at radius 1 is 1.14 bits per heavy atom. The topological polar surface area (TPSA) is 56.5 Å². The molecule has 28 heavy (non-hydrogen) atoms. The molecule has 0 atom stereocenters. The van der Waals surface area contributed by atoms with Crippen LogP contribution >= 0.6 is 27.3 Å². The van der Waals surface area contributed by atoms with Crippen LogP contribution in [0.2, 0.25) is 0 Å². The van der Waals surface area contributed by atoms with E-state index in [2.05, 4.69) is 32.9 Å². The maximum Gasteiger partial charge on any atom is 0.291 e. The fraction of sp³-hybridized carbons (Fsp3) is 0.190. The number of aromatic nitrogens is 3. The van der Waals surface area contributed by atoms with E-state index in [1.807, 2.05) is 54.6 Å². The van der Waals surface area contributed by atoms with Gasteiger partial charge in [0, 0.05) is 10.0 Å². The first-order valence-corrected chi connectivity index (χ1v) is 10.6. The van der Waals surface area contributed by atoms with Gasteiger partial charge in [-0.15, -0.1) is 5.10 Å². The van der Waals surface area contributed by atoms with Gasteiger partial charge in [0.1, 0.15) is 5.75 Å². The van der Waals surface area contributed by atoms with Gasteiger partial charge >= 0.3 is 0 Å². The molecule has 0 saturated heterocycles. The quantitative estimate of drug-likeness (QED) is 0.406. The molecule has 0 aliphatic rings. The molecule has 2 aromatic heterocycles. The molecule has 0 amide bonds. The molecule has 142 valence electrons. The zero-order valence-electron chi connectivity index (χ0n) is 15.3. The molecule has 4 aromatic rings. The first-order valence-electron chi connectivity index (χ1n) is 9.04. The Morgan fingerprint density at radius 2 is 1.89 bits per heavy atom. The minimum absolute atomic E-state index is 0.152. The summed E-state index contributed by atoms with van der Waals surface area (Å²) in [5.41, 5.74) is 1.67. The number of halogens is 1. The number of ether oxygens (including phenoxy) is 1. The van der Waals surface area contributed by atoms with Crippen LogP contribution in [0.5, 0.6) is 5.75 Å². The molecule has 0 fully saturated rings. The van der Waals surface area contributed by atoms with Crippen molar-refractivity contribution >= 4 is 38.3 Å². The molecule has 0 aliphatic carbocycles. The second-order valence-corrected chi connectivity index (χ2v) is 8.25. The number of hydrogen-bond donors (Lipinski definition) is 0. The van der Waals surface area contributed by atoms with Gasteiger partial charge in [-0.3, -0.25) is 4.79 Å². The number of fused-ring (bicyclic) bond motifs is 1. The van der Waals surface area contributed by atoms with Crippen molar-refractivity contribution in [1.29, 1.82) is 0 Å². The summed E-state index contributed by atoms with van der Waals surface area (Å²) >= 11 is 4.75. The van der Waals surface area contributed by atoms with E-state index in [1.165, 1.54) is 15.9 Å². The van der Waals surface area contributed by atoms with Gasteiger partial charge in [-0.05, 0) is 54.5 Å². The summed E-state index contributed by atoms with van der Waals surface area (Å²) in [6.45, 7) is 2.85. The Kier molecular flexibility index (Phi) is 5.54. The normalized spacial score (nSPS) is 12.0. The molecule has 0 bridgehead atoms. The van der Waals surface area contributed by atoms with E-state index in [-0.39, 0.29) is 5.56 Å². The van der Waals surface area contributed by atoms with E-state index < -0.39 is 0 Å². The summed E-state index contributed by atoms with van der Waals surface area (Å²) in [6.07, 6.45) is 4.00. The minimum Gasteiger partial charge on any atom is -0.494 e. The van der Waals surface area contributed by atoms with Crippen molar-refractivity contribution in [2.45, 2.75) is 19.8 Å². The van der Waals surface area contributed by atoms with Gasteiger partial charge in [-0.25, -0.2) is 0 Å². The molecular formula is C21H18BrN3O2S. The molecule has 4 rings (SSSR count). The third kappa shape index (κ3) is 4.00. The Labute approximate surface area is 174 Å². The van der Waals surface area contributed by atoms with Crippen LogP contribution in [0.4, 0.5) is 0 Å². The third-order valence-electron chi connectivity index (χ3n) is 4.23. The van der Waals surface area contributed by atoms with Crippen molar-refractivity contribution in [3.8, 4) is 17.1 Å². The summed E-state index contributed by atoms with van der Waals surface area (Å²) in [6, 6.07) is 15.4. The largest absolute Gasteiger partial charge is 0.494 e. The number of rotatable bonds is 6. The predicted octanol–water partition coefficient (Wildman–Crippen LogP) is 4.31. The molecule has 2 aromatic carbocycles. The van der Waals surface area contributed by atoms with Crippen LogP contribution in [0, 0.1) is 0 Å². The van der Waals surface area contributed by atoms with E-state index in [9.17, 15) is 4.79 Å². The Morgan fingerprint density at radius 3 is 2.57 bits per heavy atom. The predicted molar refractivity (Wildman–Crippen MR) is 116 cm³/mol. The maximum absolute atomic E-state index is 12.7. The highest BCUT2D eigenvalue weighted by Gasteiger charge is 2.12. The van der Waals surface area contributed by atoms with E-state index >= 15 is 0 Å². The molecule has 0 N–H and O–H groups in total. The monoisotopic (exact) mass is 455 g/mol. The van der Waals surface area contributed by atoms with E-state index in [1.54, 1.807) is 0 Å².